The summed E-state index contributed by atoms with van der Waals surface area (Å²) in [6.07, 6.45) is 9.94. The van der Waals surface area contributed by atoms with Gasteiger partial charge in [0.2, 0.25) is 17.7 Å². The number of aliphatic hydroxyl groups is 1. The topological polar surface area (TPSA) is 115 Å². The number of hydrogen-bond donors (Lipinski definition) is 2. The standard InChI is InChI=1S/C26H37N5O4/c1-15(2)14-34-23-20(13-27-31(23)7-6-25(4,5)24-30-29-16(3)35-24)22(32)28-21-18-8-17-9-19(21)12-26(33,10-17)11-18/h6-7,13,15,17-19,21,33H,8-12,14H2,1-5H3,(H,28,32)/b7-6+. The van der Waals surface area contributed by atoms with Crippen LogP contribution in [0.2, 0.25) is 0 Å². The van der Waals surface area contributed by atoms with Crippen LogP contribution in [0, 0.1) is 30.6 Å². The van der Waals surface area contributed by atoms with Gasteiger partial charge in [0.1, 0.15) is 5.56 Å². The molecule has 6 rings (SSSR count). The number of aryl methyl sites for hydroxylation is 1. The lowest BCUT2D eigenvalue weighted by molar-refractivity contribution is -0.136. The summed E-state index contributed by atoms with van der Waals surface area (Å²) in [6.45, 7) is 10.3. The summed E-state index contributed by atoms with van der Waals surface area (Å²) in [6, 6.07) is 0.0934. The maximum atomic E-state index is 13.5. The molecule has 2 atom stereocenters. The van der Waals surface area contributed by atoms with E-state index >= 15 is 0 Å². The van der Waals surface area contributed by atoms with Gasteiger partial charge in [-0.1, -0.05) is 19.9 Å². The molecule has 2 unspecified atom stereocenters. The number of aromatic nitrogens is 4. The third kappa shape index (κ3) is 4.75. The molecule has 2 aromatic rings. The van der Waals surface area contributed by atoms with Gasteiger partial charge in [-0.05, 0) is 69.6 Å². The molecule has 0 aromatic carbocycles. The Morgan fingerprint density at radius 3 is 2.63 bits per heavy atom. The minimum atomic E-state index is -0.525. The van der Waals surface area contributed by atoms with E-state index in [0.717, 1.165) is 32.1 Å². The molecular weight excluding hydrogens is 446 g/mol. The van der Waals surface area contributed by atoms with Gasteiger partial charge in [-0.25, -0.2) is 4.68 Å². The maximum absolute atomic E-state index is 13.5. The Bertz CT molecular complexity index is 1100. The fraction of sp³-hybridized carbons (Fsp3) is 0.692. The molecule has 2 heterocycles. The maximum Gasteiger partial charge on any atom is 0.258 e. The Balaban J connectivity index is 1.36. The summed E-state index contributed by atoms with van der Waals surface area (Å²) in [5.41, 5.74) is -0.622. The Labute approximate surface area is 206 Å². The SMILES string of the molecule is Cc1nnc(C(C)(C)/C=C/n2ncc(C(=O)NC3C4CC5CC3CC(O)(C5)C4)c2OCC(C)C)o1. The van der Waals surface area contributed by atoms with Gasteiger partial charge in [0.15, 0.2) is 0 Å². The van der Waals surface area contributed by atoms with Crippen molar-refractivity contribution < 1.29 is 19.1 Å². The van der Waals surface area contributed by atoms with Crippen molar-refractivity contribution in [1.82, 2.24) is 25.3 Å². The van der Waals surface area contributed by atoms with Gasteiger partial charge in [-0.2, -0.15) is 5.10 Å². The molecule has 4 aliphatic rings. The zero-order valence-corrected chi connectivity index (χ0v) is 21.3. The summed E-state index contributed by atoms with van der Waals surface area (Å²) >= 11 is 0. The van der Waals surface area contributed by atoms with Crippen LogP contribution in [0.5, 0.6) is 5.88 Å². The van der Waals surface area contributed by atoms with E-state index in [1.165, 1.54) is 0 Å². The van der Waals surface area contributed by atoms with Crippen molar-refractivity contribution in [3.63, 3.8) is 0 Å². The molecule has 0 radical (unpaired) electrons. The Morgan fingerprint density at radius 1 is 1.31 bits per heavy atom. The van der Waals surface area contributed by atoms with Gasteiger partial charge in [0.05, 0.1) is 23.8 Å². The van der Waals surface area contributed by atoms with Crippen molar-refractivity contribution in [1.29, 1.82) is 0 Å². The van der Waals surface area contributed by atoms with Crippen LogP contribution >= 0.6 is 0 Å². The average Bonchev–Trinajstić information content (AvgIpc) is 3.38. The normalized spacial score (nSPS) is 29.9. The third-order valence-corrected chi connectivity index (χ3v) is 7.80. The van der Waals surface area contributed by atoms with E-state index in [9.17, 15) is 9.90 Å². The van der Waals surface area contributed by atoms with E-state index < -0.39 is 11.0 Å². The highest BCUT2D eigenvalue weighted by atomic mass is 16.5. The molecule has 0 aliphatic heterocycles. The van der Waals surface area contributed by atoms with Gasteiger partial charge >= 0.3 is 0 Å². The monoisotopic (exact) mass is 483 g/mol. The highest BCUT2D eigenvalue weighted by Gasteiger charge is 2.55. The predicted molar refractivity (Wildman–Crippen MR) is 130 cm³/mol. The zero-order valence-electron chi connectivity index (χ0n) is 21.3. The molecule has 4 saturated carbocycles. The van der Waals surface area contributed by atoms with Crippen LogP contribution in [-0.4, -0.2) is 49.2 Å². The lowest BCUT2D eigenvalue weighted by Crippen LogP contribution is -2.61. The van der Waals surface area contributed by atoms with Crippen LogP contribution in [0.15, 0.2) is 16.7 Å². The summed E-state index contributed by atoms with van der Waals surface area (Å²) in [5, 5.41) is 26.7. The van der Waals surface area contributed by atoms with E-state index in [1.807, 2.05) is 19.9 Å². The van der Waals surface area contributed by atoms with Crippen molar-refractivity contribution in [2.24, 2.45) is 23.7 Å². The predicted octanol–water partition coefficient (Wildman–Crippen LogP) is 3.73. The number of hydrogen-bond acceptors (Lipinski definition) is 7. The number of nitrogens with one attached hydrogen (secondary N) is 1. The lowest BCUT2D eigenvalue weighted by atomic mass is 9.52. The summed E-state index contributed by atoms with van der Waals surface area (Å²) in [4.78, 5) is 13.5. The average molecular weight is 484 g/mol. The first kappa shape index (κ1) is 24.0. The fourth-order valence-corrected chi connectivity index (χ4v) is 6.33. The number of amides is 1. The zero-order chi connectivity index (χ0) is 25.0. The van der Waals surface area contributed by atoms with Gasteiger partial charge in [-0.15, -0.1) is 10.2 Å². The van der Waals surface area contributed by atoms with Crippen molar-refractivity contribution in [3.8, 4) is 5.88 Å². The van der Waals surface area contributed by atoms with Crippen LogP contribution in [-0.2, 0) is 5.41 Å². The number of allylic oxidation sites excluding steroid dienone is 1. The molecular formula is C26H37N5O4. The van der Waals surface area contributed by atoms with Gasteiger partial charge in [0.25, 0.3) is 5.91 Å². The molecule has 1 amide bonds. The van der Waals surface area contributed by atoms with Crippen molar-refractivity contribution in [2.45, 2.75) is 83.8 Å². The fourth-order valence-electron chi connectivity index (χ4n) is 6.33. The number of carbonyl (C=O) groups is 1. The molecule has 0 spiro atoms. The second-order valence-corrected chi connectivity index (χ2v) is 11.9. The van der Waals surface area contributed by atoms with E-state index in [0.29, 0.717) is 53.5 Å². The van der Waals surface area contributed by atoms with E-state index in [2.05, 4.69) is 34.5 Å². The number of rotatable bonds is 8. The molecule has 2 aromatic heterocycles. The second-order valence-electron chi connectivity index (χ2n) is 11.9. The summed E-state index contributed by atoms with van der Waals surface area (Å²) < 4.78 is 13.3. The highest BCUT2D eigenvalue weighted by Crippen LogP contribution is 2.55. The van der Waals surface area contributed by atoms with Crippen LogP contribution in [0.1, 0.15) is 81.9 Å². The van der Waals surface area contributed by atoms with Crippen molar-refractivity contribution >= 4 is 12.1 Å². The van der Waals surface area contributed by atoms with Gasteiger partial charge in [-0.3, -0.25) is 4.79 Å². The number of ether oxygens (including phenoxy) is 1. The third-order valence-electron chi connectivity index (χ3n) is 7.80. The highest BCUT2D eigenvalue weighted by molar-refractivity contribution is 5.96. The Kier molecular flexibility index (Phi) is 6.02. The number of nitrogens with zero attached hydrogens (tertiary/aromatic N) is 4. The Hall–Kier alpha value is -2.68. The smallest absolute Gasteiger partial charge is 0.258 e. The van der Waals surface area contributed by atoms with E-state index in [4.69, 9.17) is 9.15 Å². The van der Waals surface area contributed by atoms with Crippen LogP contribution in [0.4, 0.5) is 0 Å². The molecule has 9 heteroatoms. The molecule has 9 nitrogen and oxygen atoms in total. The first-order valence-electron chi connectivity index (χ1n) is 12.8. The molecule has 4 bridgehead atoms. The van der Waals surface area contributed by atoms with Crippen molar-refractivity contribution in [2.75, 3.05) is 6.61 Å². The quantitative estimate of drug-likeness (QED) is 0.588. The molecule has 35 heavy (non-hydrogen) atoms. The summed E-state index contributed by atoms with van der Waals surface area (Å²) in [7, 11) is 0. The minimum absolute atomic E-state index is 0.0934. The summed E-state index contributed by atoms with van der Waals surface area (Å²) in [5.74, 6) is 2.83. The van der Waals surface area contributed by atoms with Crippen LogP contribution < -0.4 is 10.1 Å². The van der Waals surface area contributed by atoms with E-state index in [-0.39, 0.29) is 11.9 Å². The lowest BCUT2D eigenvalue weighted by Gasteiger charge is -2.58. The van der Waals surface area contributed by atoms with E-state index in [1.54, 1.807) is 24.0 Å². The molecule has 4 fully saturated rings. The van der Waals surface area contributed by atoms with Crippen LogP contribution in [0.3, 0.4) is 0 Å². The molecule has 0 saturated heterocycles. The second kappa shape index (κ2) is 8.76. The molecule has 190 valence electrons. The largest absolute Gasteiger partial charge is 0.477 e. The first-order chi connectivity index (χ1) is 16.5. The minimum Gasteiger partial charge on any atom is -0.477 e. The first-order valence-corrected chi connectivity index (χ1v) is 12.8. The van der Waals surface area contributed by atoms with Gasteiger partial charge in [0, 0.05) is 19.2 Å². The molecule has 2 N–H and O–H groups in total. The molecule has 4 aliphatic carbocycles. The van der Waals surface area contributed by atoms with Crippen molar-refractivity contribution in [3.05, 3.63) is 29.6 Å². The van der Waals surface area contributed by atoms with Crippen LogP contribution in [0.25, 0.3) is 6.20 Å². The van der Waals surface area contributed by atoms with Gasteiger partial charge < -0.3 is 19.6 Å². The number of carbonyl (C=O) groups excluding carboxylic acids is 1. The Morgan fingerprint density at radius 2 is 2.03 bits per heavy atom.